The van der Waals surface area contributed by atoms with Gasteiger partial charge in [0, 0.05) is 10.9 Å². The molecule has 0 bridgehead atoms. The maximum atomic E-state index is 11.9. The summed E-state index contributed by atoms with van der Waals surface area (Å²) in [6, 6.07) is 11.0. The molecule has 3 aromatic rings. The highest BCUT2D eigenvalue weighted by molar-refractivity contribution is 7.07. The molecule has 0 saturated carbocycles. The normalized spacial score (nSPS) is 10.2. The van der Waals surface area contributed by atoms with Crippen molar-refractivity contribution in [3.05, 3.63) is 53.0 Å². The summed E-state index contributed by atoms with van der Waals surface area (Å²) >= 11 is 1.36. The molecule has 110 valence electrons. The van der Waals surface area contributed by atoms with Crippen molar-refractivity contribution in [2.75, 3.05) is 12.4 Å². The SMILES string of the molecule is COc1cccc(-c2ccc(NC(=O)c3cscn3)nn2)c1. The van der Waals surface area contributed by atoms with Gasteiger partial charge in [0.15, 0.2) is 5.82 Å². The van der Waals surface area contributed by atoms with Crippen LogP contribution in [0.1, 0.15) is 10.5 Å². The lowest BCUT2D eigenvalue weighted by molar-refractivity contribution is 0.102. The molecule has 2 heterocycles. The summed E-state index contributed by atoms with van der Waals surface area (Å²) in [6.45, 7) is 0. The molecule has 1 N–H and O–H groups in total. The van der Waals surface area contributed by atoms with Crippen LogP contribution in [0, 0.1) is 0 Å². The summed E-state index contributed by atoms with van der Waals surface area (Å²) in [5.41, 5.74) is 3.56. The van der Waals surface area contributed by atoms with E-state index in [4.69, 9.17) is 4.74 Å². The molecule has 2 aromatic heterocycles. The number of nitrogens with zero attached hydrogens (tertiary/aromatic N) is 3. The Balaban J connectivity index is 1.76. The fourth-order valence-corrected chi connectivity index (χ4v) is 2.37. The number of nitrogens with one attached hydrogen (secondary N) is 1. The van der Waals surface area contributed by atoms with Crippen LogP contribution in [0.3, 0.4) is 0 Å². The smallest absolute Gasteiger partial charge is 0.276 e. The molecule has 0 fully saturated rings. The van der Waals surface area contributed by atoms with E-state index in [1.807, 2.05) is 24.3 Å². The molecule has 1 aromatic carbocycles. The highest BCUT2D eigenvalue weighted by Gasteiger charge is 2.09. The number of aromatic nitrogens is 3. The second-order valence-corrected chi connectivity index (χ2v) is 5.08. The zero-order chi connectivity index (χ0) is 15.4. The van der Waals surface area contributed by atoms with Crippen LogP contribution < -0.4 is 10.1 Å². The van der Waals surface area contributed by atoms with Crippen LogP contribution in [0.2, 0.25) is 0 Å². The first-order valence-electron chi connectivity index (χ1n) is 6.44. The van der Waals surface area contributed by atoms with Crippen molar-refractivity contribution in [2.24, 2.45) is 0 Å². The van der Waals surface area contributed by atoms with Gasteiger partial charge in [-0.15, -0.1) is 21.5 Å². The van der Waals surface area contributed by atoms with Gasteiger partial charge in [-0.2, -0.15) is 0 Å². The monoisotopic (exact) mass is 312 g/mol. The lowest BCUT2D eigenvalue weighted by Crippen LogP contribution is -2.13. The predicted octanol–water partition coefficient (Wildman–Crippen LogP) is 2.86. The van der Waals surface area contributed by atoms with Crippen LogP contribution in [-0.2, 0) is 0 Å². The number of thiazole rings is 1. The first kappa shape index (κ1) is 14.2. The minimum atomic E-state index is -0.301. The molecule has 0 aliphatic heterocycles. The van der Waals surface area contributed by atoms with Gasteiger partial charge in [0.1, 0.15) is 11.4 Å². The third-order valence-electron chi connectivity index (χ3n) is 2.94. The number of hydrogen-bond acceptors (Lipinski definition) is 6. The van der Waals surface area contributed by atoms with E-state index in [2.05, 4.69) is 20.5 Å². The van der Waals surface area contributed by atoms with Gasteiger partial charge in [0.25, 0.3) is 5.91 Å². The lowest BCUT2D eigenvalue weighted by atomic mass is 10.1. The van der Waals surface area contributed by atoms with Gasteiger partial charge in [-0.25, -0.2) is 4.98 Å². The van der Waals surface area contributed by atoms with E-state index in [0.717, 1.165) is 11.3 Å². The van der Waals surface area contributed by atoms with E-state index in [-0.39, 0.29) is 5.91 Å². The number of anilines is 1. The first-order chi connectivity index (χ1) is 10.8. The van der Waals surface area contributed by atoms with Gasteiger partial charge in [-0.05, 0) is 24.3 Å². The number of ether oxygens (including phenoxy) is 1. The van der Waals surface area contributed by atoms with Crippen molar-refractivity contribution in [2.45, 2.75) is 0 Å². The van der Waals surface area contributed by atoms with Gasteiger partial charge < -0.3 is 10.1 Å². The minimum absolute atomic E-state index is 0.301. The van der Waals surface area contributed by atoms with Crippen molar-refractivity contribution in [1.82, 2.24) is 15.2 Å². The van der Waals surface area contributed by atoms with Crippen molar-refractivity contribution in [1.29, 1.82) is 0 Å². The van der Waals surface area contributed by atoms with Gasteiger partial charge in [0.05, 0.1) is 18.3 Å². The third-order valence-corrected chi connectivity index (χ3v) is 3.52. The number of rotatable bonds is 4. The molecule has 6 nitrogen and oxygen atoms in total. The summed E-state index contributed by atoms with van der Waals surface area (Å²) in [5, 5.41) is 12.5. The molecule has 0 aliphatic rings. The third kappa shape index (κ3) is 3.09. The Labute approximate surface area is 130 Å². The van der Waals surface area contributed by atoms with Gasteiger partial charge in [0.2, 0.25) is 0 Å². The Morgan fingerprint density at radius 3 is 2.82 bits per heavy atom. The zero-order valence-corrected chi connectivity index (χ0v) is 12.5. The van der Waals surface area contributed by atoms with Crippen LogP contribution >= 0.6 is 11.3 Å². The van der Waals surface area contributed by atoms with Crippen LogP contribution in [-0.4, -0.2) is 28.2 Å². The van der Waals surface area contributed by atoms with Crippen LogP contribution in [0.4, 0.5) is 5.82 Å². The summed E-state index contributed by atoms with van der Waals surface area (Å²) in [5.74, 6) is 0.828. The minimum Gasteiger partial charge on any atom is -0.497 e. The number of benzene rings is 1. The van der Waals surface area contributed by atoms with E-state index in [1.54, 1.807) is 30.1 Å². The zero-order valence-electron chi connectivity index (χ0n) is 11.7. The quantitative estimate of drug-likeness (QED) is 0.801. The Hall–Kier alpha value is -2.80. The van der Waals surface area contributed by atoms with Crippen LogP contribution in [0.15, 0.2) is 47.3 Å². The molecule has 0 saturated heterocycles. The highest BCUT2D eigenvalue weighted by atomic mass is 32.1. The average Bonchev–Trinajstić information content (AvgIpc) is 3.10. The molecule has 1 amide bonds. The molecule has 0 radical (unpaired) electrons. The lowest BCUT2D eigenvalue weighted by Gasteiger charge is -2.05. The molecule has 0 atom stereocenters. The Morgan fingerprint density at radius 2 is 2.14 bits per heavy atom. The topological polar surface area (TPSA) is 77.0 Å². The molecular formula is C15H12N4O2S. The molecule has 3 rings (SSSR count). The van der Waals surface area contributed by atoms with Crippen molar-refractivity contribution < 1.29 is 9.53 Å². The maximum absolute atomic E-state index is 11.9. The van der Waals surface area contributed by atoms with Crippen molar-refractivity contribution in [3.8, 4) is 17.0 Å². The molecule has 22 heavy (non-hydrogen) atoms. The summed E-state index contributed by atoms with van der Waals surface area (Å²) in [4.78, 5) is 15.8. The highest BCUT2D eigenvalue weighted by Crippen LogP contribution is 2.22. The number of amides is 1. The second-order valence-electron chi connectivity index (χ2n) is 4.36. The summed E-state index contributed by atoms with van der Waals surface area (Å²) in [7, 11) is 1.61. The fraction of sp³-hybridized carbons (Fsp3) is 0.0667. The Morgan fingerprint density at radius 1 is 1.23 bits per heavy atom. The van der Waals surface area contributed by atoms with E-state index in [1.165, 1.54) is 11.3 Å². The largest absolute Gasteiger partial charge is 0.497 e. The molecule has 0 aliphatic carbocycles. The standard InChI is InChI=1S/C15H12N4O2S/c1-21-11-4-2-3-10(7-11)12-5-6-14(19-18-12)17-15(20)13-8-22-9-16-13/h2-9H,1H3,(H,17,19,20). The van der Waals surface area contributed by atoms with Crippen LogP contribution in [0.25, 0.3) is 11.3 Å². The summed E-state index contributed by atoms with van der Waals surface area (Å²) in [6.07, 6.45) is 0. The summed E-state index contributed by atoms with van der Waals surface area (Å²) < 4.78 is 5.18. The predicted molar refractivity (Wildman–Crippen MR) is 84.1 cm³/mol. The van der Waals surface area contributed by atoms with Crippen molar-refractivity contribution in [3.63, 3.8) is 0 Å². The number of carbonyl (C=O) groups is 1. The van der Waals surface area contributed by atoms with E-state index >= 15 is 0 Å². The van der Waals surface area contributed by atoms with Crippen molar-refractivity contribution >= 4 is 23.1 Å². The van der Waals surface area contributed by atoms with E-state index in [0.29, 0.717) is 17.2 Å². The second kappa shape index (κ2) is 6.31. The van der Waals surface area contributed by atoms with Crippen LogP contribution in [0.5, 0.6) is 5.75 Å². The molecule has 0 unspecified atom stereocenters. The number of hydrogen-bond donors (Lipinski definition) is 1. The number of methoxy groups -OCH3 is 1. The molecule has 0 spiro atoms. The average molecular weight is 312 g/mol. The molecular weight excluding hydrogens is 300 g/mol. The molecule has 7 heteroatoms. The van der Waals surface area contributed by atoms with Gasteiger partial charge in [-0.1, -0.05) is 12.1 Å². The number of carbonyl (C=O) groups excluding carboxylic acids is 1. The van der Waals surface area contributed by atoms with E-state index < -0.39 is 0 Å². The van der Waals surface area contributed by atoms with Gasteiger partial charge >= 0.3 is 0 Å². The maximum Gasteiger partial charge on any atom is 0.276 e. The fourth-order valence-electron chi connectivity index (χ4n) is 1.84. The Bertz CT molecular complexity index is 773. The first-order valence-corrected chi connectivity index (χ1v) is 7.38. The Kier molecular flexibility index (Phi) is 4.06. The van der Waals surface area contributed by atoms with Gasteiger partial charge in [-0.3, -0.25) is 4.79 Å². The van der Waals surface area contributed by atoms with E-state index in [9.17, 15) is 4.79 Å².